The predicted molar refractivity (Wildman–Crippen MR) is 142 cm³/mol. The number of benzene rings is 3. The predicted octanol–water partition coefficient (Wildman–Crippen LogP) is 5.07. The monoisotopic (exact) mass is 499 g/mol. The second kappa shape index (κ2) is 11.0. The Bertz CT molecular complexity index is 1230. The minimum Gasteiger partial charge on any atom is -0.342 e. The quantitative estimate of drug-likeness (QED) is 0.514. The number of likely N-dealkylation sites (tertiary alicyclic amines) is 1. The van der Waals surface area contributed by atoms with Gasteiger partial charge in [0.05, 0.1) is 11.6 Å². The number of amides is 3. The van der Waals surface area contributed by atoms with E-state index in [0.29, 0.717) is 32.5 Å². The molecule has 7 heteroatoms. The molecule has 3 aromatic rings. The lowest BCUT2D eigenvalue weighted by Gasteiger charge is -2.33. The highest BCUT2D eigenvalue weighted by Crippen LogP contribution is 2.34. The van der Waals surface area contributed by atoms with Gasteiger partial charge in [0, 0.05) is 47.5 Å². The summed E-state index contributed by atoms with van der Waals surface area (Å²) < 4.78 is 0. The van der Waals surface area contributed by atoms with Crippen LogP contribution >= 0.6 is 11.8 Å². The van der Waals surface area contributed by atoms with Gasteiger partial charge in [0.15, 0.2) is 0 Å². The van der Waals surface area contributed by atoms with Crippen molar-refractivity contribution in [3.63, 3.8) is 0 Å². The number of carbonyl (C=O) groups excluding carboxylic acids is 3. The van der Waals surface area contributed by atoms with E-state index >= 15 is 0 Å². The number of hydrogen-bond donors (Lipinski definition) is 1. The summed E-state index contributed by atoms with van der Waals surface area (Å²) in [6, 6.07) is 27.4. The normalized spacial score (nSPS) is 18.3. The Kier molecular flexibility index (Phi) is 7.37. The van der Waals surface area contributed by atoms with Gasteiger partial charge >= 0.3 is 0 Å². The van der Waals surface area contributed by atoms with E-state index in [4.69, 9.17) is 0 Å². The Balaban J connectivity index is 1.15. The van der Waals surface area contributed by atoms with Crippen molar-refractivity contribution in [1.29, 1.82) is 0 Å². The summed E-state index contributed by atoms with van der Waals surface area (Å²) >= 11 is 1.62. The van der Waals surface area contributed by atoms with Crippen LogP contribution in [0.2, 0.25) is 0 Å². The molecular weight excluding hydrogens is 470 g/mol. The fourth-order valence-electron chi connectivity index (χ4n) is 4.86. The van der Waals surface area contributed by atoms with Crippen molar-refractivity contribution in [3.05, 3.63) is 84.9 Å². The molecule has 3 amide bonds. The molecule has 0 bridgehead atoms. The summed E-state index contributed by atoms with van der Waals surface area (Å²) in [4.78, 5) is 44.4. The lowest BCUT2D eigenvalue weighted by Crippen LogP contribution is -2.44. The highest BCUT2D eigenvalue weighted by molar-refractivity contribution is 7.99. The number of nitrogens with zero attached hydrogens (tertiary/aromatic N) is 2. The standard InChI is InChI=1S/C29H29N3O3S/c33-27-19-22(20-32(27)23-9-3-1-4-10-23)29(35)31-17-15-21(16-18-31)28(34)30-25-13-7-8-14-26(25)36-24-11-5-2-6-12-24/h1-14,21-22H,15-20H2,(H,30,34). The molecule has 2 heterocycles. The zero-order valence-corrected chi connectivity index (χ0v) is 20.8. The van der Waals surface area contributed by atoms with Gasteiger partial charge in [0.2, 0.25) is 17.7 Å². The molecule has 1 unspecified atom stereocenters. The van der Waals surface area contributed by atoms with Crippen LogP contribution in [-0.4, -0.2) is 42.3 Å². The fraction of sp³-hybridized carbons (Fsp3) is 0.276. The minimum absolute atomic E-state index is 0.00509. The molecule has 0 aromatic heterocycles. The number of nitrogens with one attached hydrogen (secondary N) is 1. The first-order chi connectivity index (χ1) is 17.6. The molecule has 2 aliphatic rings. The van der Waals surface area contributed by atoms with Crippen molar-refractivity contribution >= 4 is 40.9 Å². The van der Waals surface area contributed by atoms with Gasteiger partial charge in [-0.05, 0) is 49.2 Å². The molecule has 0 saturated carbocycles. The van der Waals surface area contributed by atoms with Crippen LogP contribution in [-0.2, 0) is 14.4 Å². The molecule has 184 valence electrons. The molecule has 2 saturated heterocycles. The largest absolute Gasteiger partial charge is 0.342 e. The van der Waals surface area contributed by atoms with Crippen molar-refractivity contribution in [2.24, 2.45) is 11.8 Å². The first-order valence-electron chi connectivity index (χ1n) is 12.4. The highest BCUT2D eigenvalue weighted by Gasteiger charge is 2.38. The Morgan fingerprint density at radius 3 is 2.17 bits per heavy atom. The van der Waals surface area contributed by atoms with Crippen molar-refractivity contribution in [1.82, 2.24) is 4.90 Å². The first kappa shape index (κ1) is 24.1. The number of hydrogen-bond acceptors (Lipinski definition) is 4. The fourth-order valence-corrected chi connectivity index (χ4v) is 5.78. The Morgan fingerprint density at radius 1 is 0.806 bits per heavy atom. The SMILES string of the molecule is O=C(Nc1ccccc1Sc1ccccc1)C1CCN(C(=O)C2CC(=O)N(c3ccccc3)C2)CC1. The van der Waals surface area contributed by atoms with E-state index in [0.717, 1.165) is 21.2 Å². The Morgan fingerprint density at radius 2 is 1.44 bits per heavy atom. The number of piperidine rings is 1. The summed E-state index contributed by atoms with van der Waals surface area (Å²) in [6.07, 6.45) is 1.48. The molecule has 1 atom stereocenters. The van der Waals surface area contributed by atoms with Crippen molar-refractivity contribution in [2.45, 2.75) is 29.1 Å². The lowest BCUT2D eigenvalue weighted by atomic mass is 9.94. The van der Waals surface area contributed by atoms with Gasteiger partial charge < -0.3 is 15.1 Å². The second-order valence-corrected chi connectivity index (χ2v) is 10.4. The third-order valence-electron chi connectivity index (χ3n) is 6.84. The molecule has 0 aliphatic carbocycles. The third-order valence-corrected chi connectivity index (χ3v) is 7.92. The van der Waals surface area contributed by atoms with E-state index in [1.54, 1.807) is 16.7 Å². The van der Waals surface area contributed by atoms with Crippen LogP contribution in [0.25, 0.3) is 0 Å². The maximum Gasteiger partial charge on any atom is 0.228 e. The molecule has 36 heavy (non-hydrogen) atoms. The summed E-state index contributed by atoms with van der Waals surface area (Å²) in [5.41, 5.74) is 1.64. The van der Waals surface area contributed by atoms with Crippen molar-refractivity contribution in [2.75, 3.05) is 29.9 Å². The number of rotatable bonds is 6. The third kappa shape index (κ3) is 5.46. The smallest absolute Gasteiger partial charge is 0.228 e. The topological polar surface area (TPSA) is 69.7 Å². The van der Waals surface area contributed by atoms with Gasteiger partial charge in [0.25, 0.3) is 0 Å². The van der Waals surface area contributed by atoms with Gasteiger partial charge in [0.1, 0.15) is 0 Å². The maximum atomic E-state index is 13.2. The minimum atomic E-state index is -0.329. The Hall–Kier alpha value is -3.58. The zero-order chi connectivity index (χ0) is 24.9. The van der Waals surface area contributed by atoms with Gasteiger partial charge in [-0.3, -0.25) is 14.4 Å². The average Bonchev–Trinajstić information content (AvgIpc) is 3.32. The summed E-state index contributed by atoms with van der Waals surface area (Å²) in [7, 11) is 0. The molecule has 5 rings (SSSR count). The number of anilines is 2. The van der Waals surface area contributed by atoms with Crippen LogP contribution in [0.3, 0.4) is 0 Å². The molecule has 1 N–H and O–H groups in total. The van der Waals surface area contributed by atoms with Crippen LogP contribution in [0, 0.1) is 11.8 Å². The van der Waals surface area contributed by atoms with E-state index in [-0.39, 0.29) is 36.0 Å². The molecule has 2 fully saturated rings. The van der Waals surface area contributed by atoms with E-state index in [2.05, 4.69) is 5.32 Å². The first-order valence-corrected chi connectivity index (χ1v) is 13.2. The van der Waals surface area contributed by atoms with Crippen LogP contribution < -0.4 is 10.2 Å². The van der Waals surface area contributed by atoms with Crippen LogP contribution in [0.5, 0.6) is 0 Å². The van der Waals surface area contributed by atoms with Crippen LogP contribution in [0.15, 0.2) is 94.7 Å². The van der Waals surface area contributed by atoms with E-state index in [1.807, 2.05) is 89.8 Å². The van der Waals surface area contributed by atoms with Crippen molar-refractivity contribution < 1.29 is 14.4 Å². The van der Waals surface area contributed by atoms with Gasteiger partial charge in [-0.2, -0.15) is 0 Å². The van der Waals surface area contributed by atoms with E-state index < -0.39 is 0 Å². The number of carbonyl (C=O) groups is 3. The van der Waals surface area contributed by atoms with Gasteiger partial charge in [-0.1, -0.05) is 60.3 Å². The summed E-state index contributed by atoms with van der Waals surface area (Å²) in [5, 5.41) is 3.11. The van der Waals surface area contributed by atoms with E-state index in [9.17, 15) is 14.4 Å². The van der Waals surface area contributed by atoms with Gasteiger partial charge in [-0.15, -0.1) is 0 Å². The second-order valence-electron chi connectivity index (χ2n) is 9.24. The van der Waals surface area contributed by atoms with Crippen molar-refractivity contribution in [3.8, 4) is 0 Å². The zero-order valence-electron chi connectivity index (χ0n) is 20.0. The maximum absolute atomic E-state index is 13.2. The molecule has 6 nitrogen and oxygen atoms in total. The summed E-state index contributed by atoms with van der Waals surface area (Å²) in [6.45, 7) is 1.48. The van der Waals surface area contributed by atoms with Crippen LogP contribution in [0.4, 0.5) is 11.4 Å². The molecule has 3 aromatic carbocycles. The lowest BCUT2D eigenvalue weighted by molar-refractivity contribution is -0.138. The Labute approximate surface area is 215 Å². The molecule has 0 radical (unpaired) electrons. The highest BCUT2D eigenvalue weighted by atomic mass is 32.2. The molecule has 0 spiro atoms. The summed E-state index contributed by atoms with van der Waals surface area (Å²) in [5.74, 6) is -0.472. The number of para-hydroxylation sites is 2. The molecule has 2 aliphatic heterocycles. The van der Waals surface area contributed by atoms with Crippen LogP contribution in [0.1, 0.15) is 19.3 Å². The molecular formula is C29H29N3O3S. The van der Waals surface area contributed by atoms with E-state index in [1.165, 1.54) is 0 Å². The average molecular weight is 500 g/mol. The van der Waals surface area contributed by atoms with Gasteiger partial charge in [-0.25, -0.2) is 0 Å².